The maximum Gasteiger partial charge on any atom is 0.0605 e. The van der Waals surface area contributed by atoms with Crippen LogP contribution in [-0.4, -0.2) is 22.7 Å². The Balaban J connectivity index is 2.12. The molecule has 0 bridgehead atoms. The summed E-state index contributed by atoms with van der Waals surface area (Å²) in [6.45, 7) is 2.30. The normalized spacial score (nSPS) is 21.5. The molecule has 2 unspecified atom stereocenters. The Morgan fingerprint density at radius 3 is 3.25 bits per heavy atom. The van der Waals surface area contributed by atoms with Gasteiger partial charge in [0.15, 0.2) is 0 Å². The van der Waals surface area contributed by atoms with Crippen molar-refractivity contribution in [2.45, 2.75) is 44.7 Å². The highest BCUT2D eigenvalue weighted by Gasteiger charge is 2.22. The second kappa shape index (κ2) is 5.41. The molecular weight excluding hydrogens is 200 g/mol. The van der Waals surface area contributed by atoms with Gasteiger partial charge >= 0.3 is 0 Å². The third-order valence-electron chi connectivity index (χ3n) is 3.35. The van der Waals surface area contributed by atoms with Crippen LogP contribution in [0.4, 0.5) is 0 Å². The van der Waals surface area contributed by atoms with Crippen LogP contribution in [0.25, 0.3) is 0 Å². The van der Waals surface area contributed by atoms with E-state index in [1.807, 2.05) is 12.3 Å². The smallest absolute Gasteiger partial charge is 0.0605 e. The molecule has 16 heavy (non-hydrogen) atoms. The van der Waals surface area contributed by atoms with E-state index in [4.69, 9.17) is 0 Å². The predicted molar refractivity (Wildman–Crippen MR) is 64.2 cm³/mol. The summed E-state index contributed by atoms with van der Waals surface area (Å²) in [7, 11) is 0. The number of hydrogen-bond donors (Lipinski definition) is 2. The number of rotatable bonds is 4. The van der Waals surface area contributed by atoms with Crippen molar-refractivity contribution in [3.8, 4) is 0 Å². The number of nitrogens with one attached hydrogen (secondary N) is 1. The van der Waals surface area contributed by atoms with E-state index in [0.717, 1.165) is 19.3 Å². The van der Waals surface area contributed by atoms with E-state index < -0.39 is 0 Å². The Morgan fingerprint density at radius 1 is 1.62 bits per heavy atom. The molecule has 0 spiro atoms. The molecule has 0 saturated heterocycles. The van der Waals surface area contributed by atoms with Gasteiger partial charge in [-0.15, -0.1) is 0 Å². The summed E-state index contributed by atoms with van der Waals surface area (Å²) < 4.78 is 0. The summed E-state index contributed by atoms with van der Waals surface area (Å²) in [5.74, 6) is 0. The van der Waals surface area contributed by atoms with Gasteiger partial charge in [0, 0.05) is 12.2 Å². The van der Waals surface area contributed by atoms with Crippen LogP contribution in [0.2, 0.25) is 0 Å². The topological polar surface area (TPSA) is 45.1 Å². The van der Waals surface area contributed by atoms with E-state index >= 15 is 0 Å². The van der Waals surface area contributed by atoms with E-state index in [0.29, 0.717) is 6.04 Å². The molecule has 2 rings (SSSR count). The monoisotopic (exact) mass is 220 g/mol. The second-order valence-corrected chi connectivity index (χ2v) is 4.45. The minimum absolute atomic E-state index is 0.193. The molecule has 2 atom stereocenters. The summed E-state index contributed by atoms with van der Waals surface area (Å²) in [6.07, 6.45) is 6.28. The third-order valence-corrected chi connectivity index (χ3v) is 3.35. The first-order chi connectivity index (χ1) is 7.85. The van der Waals surface area contributed by atoms with Crippen LogP contribution in [0, 0.1) is 0 Å². The fourth-order valence-electron chi connectivity index (χ4n) is 2.36. The number of aromatic nitrogens is 1. The van der Waals surface area contributed by atoms with Crippen LogP contribution in [0.5, 0.6) is 0 Å². The molecule has 0 fully saturated rings. The largest absolute Gasteiger partial charge is 0.395 e. The molecule has 1 aliphatic carbocycles. The number of pyridine rings is 1. The highest BCUT2D eigenvalue weighted by atomic mass is 16.3. The number of aryl methyl sites for hydroxylation is 1. The summed E-state index contributed by atoms with van der Waals surface area (Å²) in [5.41, 5.74) is 2.54. The second-order valence-electron chi connectivity index (χ2n) is 4.45. The van der Waals surface area contributed by atoms with Crippen molar-refractivity contribution >= 4 is 0 Å². The van der Waals surface area contributed by atoms with Gasteiger partial charge in [-0.05, 0) is 37.3 Å². The van der Waals surface area contributed by atoms with Gasteiger partial charge in [0.1, 0.15) is 0 Å². The highest BCUT2D eigenvalue weighted by molar-refractivity contribution is 5.25. The number of aliphatic hydroxyl groups is 1. The van der Waals surface area contributed by atoms with Gasteiger partial charge in [-0.2, -0.15) is 0 Å². The molecule has 1 aromatic rings. The molecule has 1 heterocycles. The Kier molecular flexibility index (Phi) is 3.91. The van der Waals surface area contributed by atoms with Gasteiger partial charge in [0.2, 0.25) is 0 Å². The number of nitrogens with zero attached hydrogens (tertiary/aromatic N) is 1. The van der Waals surface area contributed by atoms with Gasteiger partial charge in [0.05, 0.1) is 18.3 Å². The van der Waals surface area contributed by atoms with E-state index in [9.17, 15) is 5.11 Å². The van der Waals surface area contributed by atoms with Crippen molar-refractivity contribution in [2.75, 3.05) is 6.61 Å². The van der Waals surface area contributed by atoms with Crippen molar-refractivity contribution in [1.82, 2.24) is 10.3 Å². The first-order valence-electron chi connectivity index (χ1n) is 6.15. The van der Waals surface area contributed by atoms with Crippen molar-refractivity contribution in [3.05, 3.63) is 29.6 Å². The van der Waals surface area contributed by atoms with Gasteiger partial charge < -0.3 is 10.4 Å². The summed E-state index contributed by atoms with van der Waals surface area (Å²) in [6, 6.07) is 4.68. The lowest BCUT2D eigenvalue weighted by atomic mass is 9.91. The zero-order valence-corrected chi connectivity index (χ0v) is 9.82. The summed E-state index contributed by atoms with van der Waals surface area (Å²) in [5, 5.41) is 12.7. The van der Waals surface area contributed by atoms with Gasteiger partial charge in [-0.1, -0.05) is 13.0 Å². The molecule has 1 aromatic heterocycles. The van der Waals surface area contributed by atoms with Crippen molar-refractivity contribution in [3.63, 3.8) is 0 Å². The SMILES string of the molecule is CCC(CO)NC1CCCc2cccnc21. The number of aliphatic hydroxyl groups excluding tert-OH is 1. The first-order valence-corrected chi connectivity index (χ1v) is 6.15. The number of hydrogen-bond acceptors (Lipinski definition) is 3. The van der Waals surface area contributed by atoms with E-state index in [1.54, 1.807) is 0 Å². The van der Waals surface area contributed by atoms with Gasteiger partial charge in [-0.3, -0.25) is 4.98 Å². The molecule has 88 valence electrons. The van der Waals surface area contributed by atoms with Gasteiger partial charge in [0.25, 0.3) is 0 Å². The van der Waals surface area contributed by atoms with Crippen LogP contribution in [0.15, 0.2) is 18.3 Å². The Hall–Kier alpha value is -0.930. The predicted octanol–water partition coefficient (Wildman–Crippen LogP) is 1.82. The third kappa shape index (κ3) is 2.42. The van der Waals surface area contributed by atoms with E-state index in [2.05, 4.69) is 23.3 Å². The van der Waals surface area contributed by atoms with Crippen molar-refractivity contribution in [1.29, 1.82) is 0 Å². The van der Waals surface area contributed by atoms with Crippen LogP contribution in [-0.2, 0) is 6.42 Å². The molecule has 0 aliphatic heterocycles. The Bertz CT molecular complexity index is 336. The molecule has 1 aliphatic rings. The Morgan fingerprint density at radius 2 is 2.50 bits per heavy atom. The standard InChI is InChI=1S/C13H20N2O/c1-2-11(9-16)15-12-7-3-5-10-6-4-8-14-13(10)12/h4,6,8,11-12,15-16H,2-3,5,7,9H2,1H3. The first kappa shape index (κ1) is 11.6. The molecule has 0 aromatic carbocycles. The molecule has 3 heteroatoms. The minimum atomic E-state index is 0.193. The lowest BCUT2D eigenvalue weighted by molar-refractivity contribution is 0.222. The van der Waals surface area contributed by atoms with Gasteiger partial charge in [-0.25, -0.2) is 0 Å². The number of fused-ring (bicyclic) bond motifs is 1. The fraction of sp³-hybridized carbons (Fsp3) is 0.615. The Labute approximate surface area is 96.9 Å². The van der Waals surface area contributed by atoms with Crippen molar-refractivity contribution in [2.24, 2.45) is 0 Å². The van der Waals surface area contributed by atoms with Crippen LogP contribution in [0.3, 0.4) is 0 Å². The quantitative estimate of drug-likeness (QED) is 0.813. The van der Waals surface area contributed by atoms with Crippen LogP contribution >= 0.6 is 0 Å². The molecule has 2 N–H and O–H groups in total. The zero-order chi connectivity index (χ0) is 11.4. The average Bonchev–Trinajstić information content (AvgIpc) is 2.36. The maximum absolute atomic E-state index is 9.22. The zero-order valence-electron chi connectivity index (χ0n) is 9.82. The van der Waals surface area contributed by atoms with Crippen molar-refractivity contribution < 1.29 is 5.11 Å². The average molecular weight is 220 g/mol. The lowest BCUT2D eigenvalue weighted by Crippen LogP contribution is -2.37. The molecule has 3 nitrogen and oxygen atoms in total. The molecule has 0 amide bonds. The molecule has 0 saturated carbocycles. The molecular formula is C13H20N2O. The summed E-state index contributed by atoms with van der Waals surface area (Å²) >= 11 is 0. The van der Waals surface area contributed by atoms with Crippen LogP contribution < -0.4 is 5.32 Å². The van der Waals surface area contributed by atoms with E-state index in [1.165, 1.54) is 17.7 Å². The highest BCUT2D eigenvalue weighted by Crippen LogP contribution is 2.28. The maximum atomic E-state index is 9.22. The molecule has 0 radical (unpaired) electrons. The summed E-state index contributed by atoms with van der Waals surface area (Å²) in [4.78, 5) is 4.48. The van der Waals surface area contributed by atoms with E-state index in [-0.39, 0.29) is 12.6 Å². The van der Waals surface area contributed by atoms with Crippen LogP contribution in [0.1, 0.15) is 43.5 Å². The minimum Gasteiger partial charge on any atom is -0.395 e. The fourth-order valence-corrected chi connectivity index (χ4v) is 2.36. The lowest BCUT2D eigenvalue weighted by Gasteiger charge is -2.28.